The molecule has 2 saturated heterocycles. The monoisotopic (exact) mass is 550 g/mol. The van der Waals surface area contributed by atoms with Crippen LogP contribution in [0.2, 0.25) is 0 Å². The van der Waals surface area contributed by atoms with Crippen LogP contribution < -0.4 is 0 Å². The molecule has 1 N–H and O–H groups in total. The molecule has 39 heavy (non-hydrogen) atoms. The summed E-state index contributed by atoms with van der Waals surface area (Å²) in [4.78, 5) is 11.4. The molecule has 8 atom stereocenters. The van der Waals surface area contributed by atoms with Gasteiger partial charge < -0.3 is 28.8 Å². The molecule has 7 heteroatoms. The van der Waals surface area contributed by atoms with Crippen LogP contribution in [-0.4, -0.2) is 62.3 Å². The number of rotatable bonds is 16. The van der Waals surface area contributed by atoms with Crippen LogP contribution in [0.25, 0.3) is 0 Å². The first-order chi connectivity index (χ1) is 19.0. The van der Waals surface area contributed by atoms with Gasteiger partial charge >= 0.3 is 5.97 Å². The molecular weight excluding hydrogens is 496 g/mol. The van der Waals surface area contributed by atoms with Gasteiger partial charge in [-0.1, -0.05) is 51.0 Å². The summed E-state index contributed by atoms with van der Waals surface area (Å²) in [6.45, 7) is 6.01. The number of aliphatic hydroxyl groups excluding tert-OH is 1. The average molecular weight is 551 g/mol. The molecule has 0 aromatic heterocycles. The molecule has 0 bridgehead atoms. The van der Waals surface area contributed by atoms with E-state index in [1.807, 2.05) is 0 Å². The van der Waals surface area contributed by atoms with Gasteiger partial charge in [-0.25, -0.2) is 0 Å². The minimum atomic E-state index is -0.438. The Hall–Kier alpha value is -1.25. The number of aliphatic hydroxyl groups is 1. The third kappa shape index (κ3) is 11.3. The van der Waals surface area contributed by atoms with Gasteiger partial charge in [0.1, 0.15) is 0 Å². The zero-order valence-electron chi connectivity index (χ0n) is 24.6. The Morgan fingerprint density at radius 3 is 2.46 bits per heavy atom. The van der Waals surface area contributed by atoms with Gasteiger partial charge in [-0.2, -0.15) is 0 Å². The average Bonchev–Trinajstić information content (AvgIpc) is 3.25. The molecule has 3 aliphatic rings. The fourth-order valence-electron chi connectivity index (χ4n) is 5.97. The van der Waals surface area contributed by atoms with Crippen molar-refractivity contribution >= 4 is 5.97 Å². The number of carbonyl (C=O) groups is 1. The molecule has 1 aliphatic carbocycles. The quantitative estimate of drug-likeness (QED) is 0.134. The second kappa shape index (κ2) is 18.2. The van der Waals surface area contributed by atoms with E-state index in [0.717, 1.165) is 77.4 Å². The van der Waals surface area contributed by atoms with Gasteiger partial charge in [0, 0.05) is 32.0 Å². The van der Waals surface area contributed by atoms with Crippen LogP contribution in [0, 0.1) is 17.8 Å². The maximum Gasteiger partial charge on any atom is 0.305 e. The first-order valence-corrected chi connectivity index (χ1v) is 15.6. The van der Waals surface area contributed by atoms with Gasteiger partial charge in [-0.15, -0.1) is 0 Å². The summed E-state index contributed by atoms with van der Waals surface area (Å²) in [5.74, 6) is 0.340. The maximum atomic E-state index is 11.4. The number of hydrogen-bond donors (Lipinski definition) is 1. The molecule has 2 unspecified atom stereocenters. The number of methoxy groups -OCH3 is 1. The van der Waals surface area contributed by atoms with E-state index in [1.165, 1.54) is 20.0 Å². The molecular formula is C32H54O7. The van der Waals surface area contributed by atoms with Crippen LogP contribution >= 0.6 is 0 Å². The Balaban J connectivity index is 1.69. The highest BCUT2D eigenvalue weighted by Gasteiger charge is 2.42. The highest BCUT2D eigenvalue weighted by molar-refractivity contribution is 5.69. The lowest BCUT2D eigenvalue weighted by atomic mass is 9.88. The fourth-order valence-corrected chi connectivity index (χ4v) is 5.97. The number of hydrogen-bond acceptors (Lipinski definition) is 7. The van der Waals surface area contributed by atoms with E-state index < -0.39 is 6.10 Å². The Kier molecular flexibility index (Phi) is 15.1. The van der Waals surface area contributed by atoms with Crippen molar-refractivity contribution in [3.63, 3.8) is 0 Å². The molecule has 2 heterocycles. The summed E-state index contributed by atoms with van der Waals surface area (Å²) >= 11 is 0. The minimum absolute atomic E-state index is 0.0292. The Labute approximate surface area is 236 Å². The molecule has 0 radical (unpaired) electrons. The van der Waals surface area contributed by atoms with E-state index in [2.05, 4.69) is 38.2 Å². The summed E-state index contributed by atoms with van der Waals surface area (Å²) in [5.41, 5.74) is 0. The number of allylic oxidation sites excluding steroid dienone is 2. The molecule has 3 fully saturated rings. The fraction of sp³-hybridized carbons (Fsp3) is 0.844. The van der Waals surface area contributed by atoms with Crippen LogP contribution in [-0.2, 0) is 28.5 Å². The van der Waals surface area contributed by atoms with Gasteiger partial charge in [-0.05, 0) is 76.0 Å². The Morgan fingerprint density at radius 2 is 1.79 bits per heavy atom. The Morgan fingerprint density at radius 1 is 1.05 bits per heavy atom. The molecule has 0 amide bonds. The third-order valence-corrected chi connectivity index (χ3v) is 8.45. The number of unbranched alkanes of at least 4 members (excludes halogenated alkanes) is 2. The lowest BCUT2D eigenvalue weighted by molar-refractivity contribution is -0.193. The van der Waals surface area contributed by atoms with Gasteiger partial charge in [0.25, 0.3) is 0 Å². The van der Waals surface area contributed by atoms with Crippen molar-refractivity contribution in [3.8, 4) is 0 Å². The van der Waals surface area contributed by atoms with E-state index in [-0.39, 0.29) is 42.6 Å². The minimum Gasteiger partial charge on any atom is -0.469 e. The normalized spacial score (nSPS) is 31.6. The van der Waals surface area contributed by atoms with Gasteiger partial charge in [0.15, 0.2) is 12.6 Å². The second-order valence-electron chi connectivity index (χ2n) is 11.6. The second-order valence-corrected chi connectivity index (χ2v) is 11.6. The van der Waals surface area contributed by atoms with E-state index in [1.54, 1.807) is 0 Å². The van der Waals surface area contributed by atoms with Crippen molar-refractivity contribution in [2.24, 2.45) is 17.8 Å². The van der Waals surface area contributed by atoms with Crippen molar-refractivity contribution in [2.75, 3.05) is 20.3 Å². The predicted molar refractivity (Wildman–Crippen MR) is 152 cm³/mol. The van der Waals surface area contributed by atoms with Crippen molar-refractivity contribution in [1.82, 2.24) is 0 Å². The molecule has 3 rings (SSSR count). The zero-order chi connectivity index (χ0) is 27.9. The molecule has 0 aromatic rings. The van der Waals surface area contributed by atoms with Crippen molar-refractivity contribution in [1.29, 1.82) is 0 Å². The van der Waals surface area contributed by atoms with Gasteiger partial charge in [-0.3, -0.25) is 4.79 Å². The van der Waals surface area contributed by atoms with Crippen LogP contribution in [0.4, 0.5) is 0 Å². The van der Waals surface area contributed by atoms with Gasteiger partial charge in [0.2, 0.25) is 0 Å². The standard InChI is InChI=1S/C32H54O7/c1-4-5-14-24(2)28(38-31-17-10-12-21-36-31)20-19-26-25(15-8-6-7-9-16-30(34)35-3)27(33)23-29(26)39-32-18-11-13-22-37-32/h6,8,19-20,24-29,31-33H,4-5,7,9-18,21-23H2,1-3H3/t24-,25+,26+,27+,28+,29+,31?,32?/m0/s1. The van der Waals surface area contributed by atoms with Crippen LogP contribution in [0.3, 0.4) is 0 Å². The van der Waals surface area contributed by atoms with Crippen molar-refractivity contribution in [3.05, 3.63) is 24.3 Å². The lowest BCUT2D eigenvalue weighted by Gasteiger charge is -2.31. The van der Waals surface area contributed by atoms with Crippen molar-refractivity contribution < 1.29 is 33.6 Å². The summed E-state index contributed by atoms with van der Waals surface area (Å²) in [6, 6.07) is 0. The number of ether oxygens (including phenoxy) is 5. The number of esters is 1. The van der Waals surface area contributed by atoms with Crippen molar-refractivity contribution in [2.45, 2.75) is 135 Å². The van der Waals surface area contributed by atoms with E-state index in [9.17, 15) is 9.90 Å². The zero-order valence-corrected chi connectivity index (χ0v) is 24.6. The summed E-state index contributed by atoms with van der Waals surface area (Å²) < 4.78 is 29.6. The highest BCUT2D eigenvalue weighted by atomic mass is 16.7. The summed E-state index contributed by atoms with van der Waals surface area (Å²) in [6.07, 6.45) is 21.0. The van der Waals surface area contributed by atoms with E-state index in [4.69, 9.17) is 23.7 Å². The van der Waals surface area contributed by atoms with Gasteiger partial charge in [0.05, 0.1) is 25.4 Å². The molecule has 1 saturated carbocycles. The van der Waals surface area contributed by atoms with Crippen LogP contribution in [0.5, 0.6) is 0 Å². The maximum absolute atomic E-state index is 11.4. The smallest absolute Gasteiger partial charge is 0.305 e. The Bertz CT molecular complexity index is 726. The van der Waals surface area contributed by atoms with E-state index >= 15 is 0 Å². The first kappa shape index (κ1) is 32.3. The SMILES string of the molecule is CCCC[C@H](C)[C@@H](C=C[C@@H]1[C@@H](CC=CCCCC(=O)OC)[C@H](O)C[C@H]1OC1CCCCO1)OC1CCCCO1. The highest BCUT2D eigenvalue weighted by Crippen LogP contribution is 2.40. The molecule has 0 spiro atoms. The molecule has 7 nitrogen and oxygen atoms in total. The molecule has 2 aliphatic heterocycles. The topological polar surface area (TPSA) is 83.5 Å². The molecule has 0 aromatic carbocycles. The first-order valence-electron chi connectivity index (χ1n) is 15.6. The molecule has 224 valence electrons. The lowest BCUT2D eigenvalue weighted by Crippen LogP contribution is -2.32. The van der Waals surface area contributed by atoms with E-state index in [0.29, 0.717) is 18.8 Å². The largest absolute Gasteiger partial charge is 0.469 e. The number of carbonyl (C=O) groups excluding carboxylic acids is 1. The summed E-state index contributed by atoms with van der Waals surface area (Å²) in [5, 5.41) is 11.1. The predicted octanol–water partition coefficient (Wildman–Crippen LogP) is 6.48. The van der Waals surface area contributed by atoms with Crippen LogP contribution in [0.15, 0.2) is 24.3 Å². The summed E-state index contributed by atoms with van der Waals surface area (Å²) in [7, 11) is 1.42. The van der Waals surface area contributed by atoms with Crippen LogP contribution in [0.1, 0.15) is 104 Å². The third-order valence-electron chi connectivity index (χ3n) is 8.45.